The lowest BCUT2D eigenvalue weighted by atomic mass is 9.75. The third kappa shape index (κ3) is 1.54. The largest absolute Gasteiger partial charge is 0.339 e. The minimum atomic E-state index is 0.541. The van der Waals surface area contributed by atoms with Crippen molar-refractivity contribution in [1.29, 1.82) is 0 Å². The van der Waals surface area contributed by atoms with Crippen LogP contribution >= 0.6 is 0 Å². The summed E-state index contributed by atoms with van der Waals surface area (Å²) in [6.45, 7) is 6.68. The van der Waals surface area contributed by atoms with Crippen molar-refractivity contribution in [3.8, 4) is 0 Å². The molecule has 0 atom stereocenters. The molecule has 2 fully saturated rings. The van der Waals surface area contributed by atoms with Crippen LogP contribution in [-0.2, 0) is 13.0 Å². The average molecular weight is 245 g/mol. The Morgan fingerprint density at radius 2 is 2.17 bits per heavy atom. The summed E-state index contributed by atoms with van der Waals surface area (Å²) in [6, 6.07) is 0. The Kier molecular flexibility index (Phi) is 2.17. The van der Waals surface area contributed by atoms with Crippen molar-refractivity contribution in [3.63, 3.8) is 0 Å². The molecule has 2 saturated heterocycles. The zero-order chi connectivity index (χ0) is 12.2. The summed E-state index contributed by atoms with van der Waals surface area (Å²) >= 11 is 0. The Balaban J connectivity index is 1.53. The maximum absolute atomic E-state index is 4.76. The molecule has 4 heterocycles. The summed E-state index contributed by atoms with van der Waals surface area (Å²) in [5, 5.41) is 3.36. The molecule has 0 aromatic carbocycles. The molecule has 0 amide bonds. The number of nitrogens with zero attached hydrogens (tertiary/aromatic N) is 4. The minimum absolute atomic E-state index is 0.541. The minimum Gasteiger partial charge on any atom is -0.339 e. The Morgan fingerprint density at radius 3 is 2.89 bits per heavy atom. The predicted octanol–water partition coefficient (Wildman–Crippen LogP) is -0.126. The highest BCUT2D eigenvalue weighted by Crippen LogP contribution is 2.36. The van der Waals surface area contributed by atoms with Crippen LogP contribution in [0.15, 0.2) is 6.20 Å². The van der Waals surface area contributed by atoms with Gasteiger partial charge >= 0.3 is 0 Å². The molecule has 0 saturated carbocycles. The van der Waals surface area contributed by atoms with Crippen LogP contribution in [0.4, 0.5) is 5.95 Å². The lowest BCUT2D eigenvalue weighted by molar-refractivity contribution is 0.119. The highest BCUT2D eigenvalue weighted by Gasteiger charge is 2.48. The Hall–Kier alpha value is -1.20. The van der Waals surface area contributed by atoms with Crippen molar-refractivity contribution in [1.82, 2.24) is 20.2 Å². The summed E-state index contributed by atoms with van der Waals surface area (Å²) < 4.78 is 0. The van der Waals surface area contributed by atoms with E-state index in [-0.39, 0.29) is 0 Å². The van der Waals surface area contributed by atoms with Crippen molar-refractivity contribution in [2.75, 3.05) is 44.7 Å². The lowest BCUT2D eigenvalue weighted by Crippen LogP contribution is -2.71. The van der Waals surface area contributed by atoms with Crippen LogP contribution in [0.25, 0.3) is 0 Å². The van der Waals surface area contributed by atoms with Crippen molar-refractivity contribution in [2.24, 2.45) is 5.41 Å². The third-order valence-electron chi connectivity index (χ3n) is 4.45. The zero-order valence-corrected chi connectivity index (χ0v) is 10.8. The summed E-state index contributed by atoms with van der Waals surface area (Å²) in [7, 11) is 2.15. The molecule has 96 valence electrons. The van der Waals surface area contributed by atoms with Crippen LogP contribution in [0.5, 0.6) is 0 Å². The summed E-state index contributed by atoms with van der Waals surface area (Å²) in [6.07, 6.45) is 3.08. The molecule has 4 rings (SSSR count). The molecule has 0 radical (unpaired) electrons. The first kappa shape index (κ1) is 10.7. The van der Waals surface area contributed by atoms with Gasteiger partial charge in [-0.25, -0.2) is 9.97 Å². The maximum Gasteiger partial charge on any atom is 0.225 e. The quantitative estimate of drug-likeness (QED) is 0.747. The van der Waals surface area contributed by atoms with E-state index in [1.165, 1.54) is 24.3 Å². The number of anilines is 1. The predicted molar refractivity (Wildman–Crippen MR) is 69.6 cm³/mol. The molecule has 1 spiro atoms. The van der Waals surface area contributed by atoms with Crippen molar-refractivity contribution in [2.45, 2.75) is 13.0 Å². The number of aromatic nitrogens is 2. The fourth-order valence-corrected chi connectivity index (χ4v) is 3.21. The molecule has 1 N–H and O–H groups in total. The monoisotopic (exact) mass is 245 g/mol. The standard InChI is InChI=1S/C13H19N5/c1-17-3-2-11-10(5-17)4-15-12(16-11)18-8-13(9-18)6-14-7-13/h4,14H,2-3,5-9H2,1H3. The van der Waals surface area contributed by atoms with E-state index >= 15 is 0 Å². The Labute approximate surface area is 107 Å². The molecule has 18 heavy (non-hydrogen) atoms. The van der Waals surface area contributed by atoms with Crippen LogP contribution in [-0.4, -0.2) is 54.6 Å². The molecule has 1 aromatic heterocycles. The van der Waals surface area contributed by atoms with Crippen LogP contribution in [0, 0.1) is 5.41 Å². The number of rotatable bonds is 1. The number of likely N-dealkylation sites (N-methyl/N-ethyl adjacent to an activating group) is 1. The second kappa shape index (κ2) is 3.65. The smallest absolute Gasteiger partial charge is 0.225 e. The van der Waals surface area contributed by atoms with Gasteiger partial charge in [-0.3, -0.25) is 0 Å². The second-order valence-electron chi connectivity index (χ2n) is 6.09. The van der Waals surface area contributed by atoms with Gasteiger partial charge < -0.3 is 15.1 Å². The summed E-state index contributed by atoms with van der Waals surface area (Å²) in [5.41, 5.74) is 3.10. The van der Waals surface area contributed by atoms with E-state index in [1.54, 1.807) is 0 Å². The molecule has 0 bridgehead atoms. The fraction of sp³-hybridized carbons (Fsp3) is 0.692. The molecule has 0 aliphatic carbocycles. The topological polar surface area (TPSA) is 44.3 Å². The van der Waals surface area contributed by atoms with Crippen LogP contribution in [0.2, 0.25) is 0 Å². The van der Waals surface area contributed by atoms with Gasteiger partial charge in [0, 0.05) is 62.9 Å². The van der Waals surface area contributed by atoms with Gasteiger partial charge in [0.2, 0.25) is 5.95 Å². The normalized spacial score (nSPS) is 25.5. The van der Waals surface area contributed by atoms with Gasteiger partial charge in [0.1, 0.15) is 0 Å². The highest BCUT2D eigenvalue weighted by atomic mass is 15.3. The lowest BCUT2D eigenvalue weighted by Gasteiger charge is -2.56. The average Bonchev–Trinajstić information content (AvgIpc) is 2.25. The third-order valence-corrected chi connectivity index (χ3v) is 4.45. The van der Waals surface area contributed by atoms with E-state index in [2.05, 4.69) is 27.1 Å². The van der Waals surface area contributed by atoms with E-state index in [0.29, 0.717) is 5.41 Å². The van der Waals surface area contributed by atoms with E-state index in [1.807, 2.05) is 6.20 Å². The van der Waals surface area contributed by atoms with Gasteiger partial charge in [-0.05, 0) is 7.05 Å². The Morgan fingerprint density at radius 1 is 1.33 bits per heavy atom. The van der Waals surface area contributed by atoms with E-state index in [4.69, 9.17) is 4.98 Å². The highest BCUT2D eigenvalue weighted by molar-refractivity contribution is 5.40. The SMILES string of the molecule is CN1CCc2nc(N3CC4(CNC4)C3)ncc2C1. The van der Waals surface area contributed by atoms with Crippen molar-refractivity contribution in [3.05, 3.63) is 17.5 Å². The molecular weight excluding hydrogens is 226 g/mol. The second-order valence-corrected chi connectivity index (χ2v) is 6.09. The van der Waals surface area contributed by atoms with Gasteiger partial charge in [-0.15, -0.1) is 0 Å². The van der Waals surface area contributed by atoms with Gasteiger partial charge in [-0.1, -0.05) is 0 Å². The zero-order valence-electron chi connectivity index (χ0n) is 10.8. The van der Waals surface area contributed by atoms with Gasteiger partial charge in [0.05, 0.1) is 5.69 Å². The molecule has 0 unspecified atom stereocenters. The van der Waals surface area contributed by atoms with Gasteiger partial charge in [0.15, 0.2) is 0 Å². The molecule has 3 aliphatic heterocycles. The first-order chi connectivity index (χ1) is 8.74. The molecule has 1 aromatic rings. The van der Waals surface area contributed by atoms with Crippen LogP contribution in [0.1, 0.15) is 11.3 Å². The van der Waals surface area contributed by atoms with Crippen molar-refractivity contribution >= 4 is 5.95 Å². The van der Waals surface area contributed by atoms with Crippen LogP contribution in [0.3, 0.4) is 0 Å². The number of hydrogen-bond donors (Lipinski definition) is 1. The summed E-state index contributed by atoms with van der Waals surface area (Å²) in [4.78, 5) is 13.9. The molecule has 5 nitrogen and oxygen atoms in total. The number of nitrogens with one attached hydrogen (secondary N) is 1. The van der Waals surface area contributed by atoms with Gasteiger partial charge in [-0.2, -0.15) is 0 Å². The van der Waals surface area contributed by atoms with Crippen LogP contribution < -0.4 is 10.2 Å². The van der Waals surface area contributed by atoms with E-state index in [0.717, 1.165) is 38.5 Å². The van der Waals surface area contributed by atoms with E-state index < -0.39 is 0 Å². The Bertz CT molecular complexity index is 474. The summed E-state index contributed by atoms with van der Waals surface area (Å²) in [5.74, 6) is 0.941. The molecular formula is C13H19N5. The first-order valence-electron chi connectivity index (χ1n) is 6.73. The first-order valence-corrected chi connectivity index (χ1v) is 6.73. The van der Waals surface area contributed by atoms with Gasteiger partial charge in [0.25, 0.3) is 0 Å². The van der Waals surface area contributed by atoms with Crippen molar-refractivity contribution < 1.29 is 0 Å². The maximum atomic E-state index is 4.76. The number of hydrogen-bond acceptors (Lipinski definition) is 5. The number of fused-ring (bicyclic) bond motifs is 1. The molecule has 3 aliphatic rings. The van der Waals surface area contributed by atoms with E-state index in [9.17, 15) is 0 Å². The molecule has 5 heteroatoms. The fourth-order valence-electron chi connectivity index (χ4n) is 3.21.